The van der Waals surface area contributed by atoms with E-state index >= 15 is 0 Å². The fourth-order valence-electron chi connectivity index (χ4n) is 1.49. The molecule has 5 heteroatoms. The molecule has 0 aliphatic heterocycles. The van der Waals surface area contributed by atoms with Crippen molar-refractivity contribution >= 4 is 11.9 Å². The second-order valence-electron chi connectivity index (χ2n) is 3.90. The molecule has 1 rings (SSSR count). The molecular weight excluding hydrogens is 248 g/mol. The van der Waals surface area contributed by atoms with Crippen LogP contribution in [0.2, 0.25) is 0 Å². The molecule has 19 heavy (non-hydrogen) atoms. The normalized spacial score (nSPS) is 9.79. The molecule has 1 aromatic rings. The largest absolute Gasteiger partial charge is 0.494 e. The molecule has 0 atom stereocenters. The monoisotopic (exact) mass is 266 g/mol. The number of esters is 2. The van der Waals surface area contributed by atoms with Crippen LogP contribution in [-0.2, 0) is 14.3 Å². The van der Waals surface area contributed by atoms with Gasteiger partial charge in [-0.1, -0.05) is 6.07 Å². The predicted molar refractivity (Wildman–Crippen MR) is 69.1 cm³/mol. The molecular formula is C14H18O5. The number of hydrogen-bond donors (Lipinski definition) is 0. The number of ether oxygens (including phenoxy) is 3. The molecule has 0 aliphatic carbocycles. The van der Waals surface area contributed by atoms with Gasteiger partial charge in [0, 0.05) is 6.42 Å². The molecule has 0 spiro atoms. The van der Waals surface area contributed by atoms with Crippen molar-refractivity contribution in [3.05, 3.63) is 29.8 Å². The summed E-state index contributed by atoms with van der Waals surface area (Å²) in [6.45, 7) is 0.488. The Bertz CT molecular complexity index is 428. The topological polar surface area (TPSA) is 61.8 Å². The molecule has 0 saturated carbocycles. The molecule has 0 radical (unpaired) electrons. The predicted octanol–water partition coefficient (Wildman–Crippen LogP) is 2.20. The van der Waals surface area contributed by atoms with Crippen LogP contribution in [-0.4, -0.2) is 32.8 Å². The van der Waals surface area contributed by atoms with Crippen LogP contribution in [0.25, 0.3) is 0 Å². The Morgan fingerprint density at radius 2 is 1.89 bits per heavy atom. The summed E-state index contributed by atoms with van der Waals surface area (Å²) in [6.07, 6.45) is 1.85. The Hall–Kier alpha value is -2.04. The van der Waals surface area contributed by atoms with Crippen molar-refractivity contribution in [3.8, 4) is 5.75 Å². The summed E-state index contributed by atoms with van der Waals surface area (Å²) in [5, 5.41) is 0. The summed E-state index contributed by atoms with van der Waals surface area (Å²) in [7, 11) is 2.71. The Kier molecular flexibility index (Phi) is 6.43. The Labute approximate surface area is 112 Å². The number of unbranched alkanes of at least 4 members (excludes halogenated alkanes) is 1. The SMILES string of the molecule is COC(=O)CCCCOc1cccc(C(=O)OC)c1. The first-order chi connectivity index (χ1) is 9.17. The smallest absolute Gasteiger partial charge is 0.337 e. The van der Waals surface area contributed by atoms with E-state index in [9.17, 15) is 9.59 Å². The highest BCUT2D eigenvalue weighted by Crippen LogP contribution is 2.14. The van der Waals surface area contributed by atoms with Gasteiger partial charge < -0.3 is 14.2 Å². The minimum absolute atomic E-state index is 0.215. The number of methoxy groups -OCH3 is 2. The van der Waals surface area contributed by atoms with E-state index in [1.54, 1.807) is 24.3 Å². The number of rotatable bonds is 7. The van der Waals surface area contributed by atoms with Crippen LogP contribution >= 0.6 is 0 Å². The zero-order valence-electron chi connectivity index (χ0n) is 11.2. The molecule has 0 unspecified atom stereocenters. The number of benzene rings is 1. The molecule has 0 fully saturated rings. The molecule has 0 saturated heterocycles. The van der Waals surface area contributed by atoms with Crippen LogP contribution in [0.1, 0.15) is 29.6 Å². The quantitative estimate of drug-likeness (QED) is 0.559. The number of hydrogen-bond acceptors (Lipinski definition) is 5. The first-order valence-corrected chi connectivity index (χ1v) is 6.05. The number of carbonyl (C=O) groups excluding carboxylic acids is 2. The van der Waals surface area contributed by atoms with Gasteiger partial charge in [-0.2, -0.15) is 0 Å². The van der Waals surface area contributed by atoms with Crippen LogP contribution in [0.3, 0.4) is 0 Å². The standard InChI is InChI=1S/C14H18O5/c1-17-13(15)8-3-4-9-19-12-7-5-6-11(10-12)14(16)18-2/h5-7,10H,3-4,8-9H2,1-2H3. The van der Waals surface area contributed by atoms with Crippen LogP contribution in [0, 0.1) is 0 Å². The van der Waals surface area contributed by atoms with Gasteiger partial charge in [0.2, 0.25) is 0 Å². The van der Waals surface area contributed by atoms with Gasteiger partial charge >= 0.3 is 11.9 Å². The lowest BCUT2D eigenvalue weighted by Crippen LogP contribution is -2.04. The molecule has 0 bridgehead atoms. The highest BCUT2D eigenvalue weighted by molar-refractivity contribution is 5.89. The highest BCUT2D eigenvalue weighted by Gasteiger charge is 2.06. The maximum Gasteiger partial charge on any atom is 0.337 e. The van der Waals surface area contributed by atoms with Crippen molar-refractivity contribution in [2.75, 3.05) is 20.8 Å². The van der Waals surface area contributed by atoms with E-state index < -0.39 is 5.97 Å². The van der Waals surface area contributed by atoms with Crippen molar-refractivity contribution in [2.24, 2.45) is 0 Å². The van der Waals surface area contributed by atoms with Gasteiger partial charge in [0.1, 0.15) is 5.75 Å². The lowest BCUT2D eigenvalue weighted by atomic mass is 10.2. The van der Waals surface area contributed by atoms with Gasteiger partial charge in [-0.15, -0.1) is 0 Å². The maximum absolute atomic E-state index is 11.3. The minimum Gasteiger partial charge on any atom is -0.494 e. The van der Waals surface area contributed by atoms with Crippen molar-refractivity contribution in [3.63, 3.8) is 0 Å². The Balaban J connectivity index is 2.33. The van der Waals surface area contributed by atoms with E-state index in [0.717, 1.165) is 6.42 Å². The molecule has 104 valence electrons. The average molecular weight is 266 g/mol. The molecule has 0 heterocycles. The maximum atomic E-state index is 11.3. The van der Waals surface area contributed by atoms with Gasteiger partial charge in [0.05, 0.1) is 26.4 Å². The van der Waals surface area contributed by atoms with Gasteiger partial charge in [-0.05, 0) is 31.0 Å². The Morgan fingerprint density at radius 3 is 2.58 bits per heavy atom. The van der Waals surface area contributed by atoms with Crippen LogP contribution in [0.15, 0.2) is 24.3 Å². The van der Waals surface area contributed by atoms with E-state index in [1.807, 2.05) is 0 Å². The molecule has 1 aromatic carbocycles. The zero-order valence-corrected chi connectivity index (χ0v) is 11.2. The molecule has 5 nitrogen and oxygen atoms in total. The van der Waals surface area contributed by atoms with E-state index in [-0.39, 0.29) is 5.97 Å². The number of carbonyl (C=O) groups is 2. The molecule has 0 aromatic heterocycles. The first-order valence-electron chi connectivity index (χ1n) is 6.05. The summed E-state index contributed by atoms with van der Waals surface area (Å²) < 4.78 is 14.7. The van der Waals surface area contributed by atoms with Crippen molar-refractivity contribution in [1.29, 1.82) is 0 Å². The van der Waals surface area contributed by atoms with Crippen molar-refractivity contribution in [1.82, 2.24) is 0 Å². The van der Waals surface area contributed by atoms with E-state index in [0.29, 0.717) is 30.8 Å². The minimum atomic E-state index is -0.392. The summed E-state index contributed by atoms with van der Waals surface area (Å²) in [4.78, 5) is 22.2. The third-order valence-electron chi connectivity index (χ3n) is 2.53. The Morgan fingerprint density at radius 1 is 1.11 bits per heavy atom. The summed E-state index contributed by atoms with van der Waals surface area (Å²) in [6, 6.07) is 6.80. The van der Waals surface area contributed by atoms with Gasteiger partial charge in [-0.3, -0.25) is 4.79 Å². The summed E-state index contributed by atoms with van der Waals surface area (Å²) in [5.74, 6) is 0.00444. The van der Waals surface area contributed by atoms with E-state index in [2.05, 4.69) is 9.47 Å². The fraction of sp³-hybridized carbons (Fsp3) is 0.429. The average Bonchev–Trinajstić information content (AvgIpc) is 2.46. The lowest BCUT2D eigenvalue weighted by molar-refractivity contribution is -0.140. The van der Waals surface area contributed by atoms with Crippen LogP contribution in [0.4, 0.5) is 0 Å². The van der Waals surface area contributed by atoms with Crippen molar-refractivity contribution < 1.29 is 23.8 Å². The third kappa shape index (κ3) is 5.42. The summed E-state index contributed by atoms with van der Waals surface area (Å²) >= 11 is 0. The van der Waals surface area contributed by atoms with Crippen LogP contribution in [0.5, 0.6) is 5.75 Å². The van der Waals surface area contributed by atoms with E-state index in [4.69, 9.17) is 4.74 Å². The second-order valence-corrected chi connectivity index (χ2v) is 3.90. The van der Waals surface area contributed by atoms with Crippen LogP contribution < -0.4 is 4.74 Å². The molecule has 0 aliphatic rings. The highest BCUT2D eigenvalue weighted by atomic mass is 16.5. The molecule has 0 amide bonds. The zero-order chi connectivity index (χ0) is 14.1. The first kappa shape index (κ1) is 15.0. The third-order valence-corrected chi connectivity index (χ3v) is 2.53. The molecule has 0 N–H and O–H groups in total. The lowest BCUT2D eigenvalue weighted by Gasteiger charge is -2.07. The van der Waals surface area contributed by atoms with Gasteiger partial charge in [0.15, 0.2) is 0 Å². The summed E-state index contributed by atoms with van der Waals surface area (Å²) in [5.41, 5.74) is 0.453. The van der Waals surface area contributed by atoms with Gasteiger partial charge in [0.25, 0.3) is 0 Å². The fourth-order valence-corrected chi connectivity index (χ4v) is 1.49. The van der Waals surface area contributed by atoms with E-state index in [1.165, 1.54) is 14.2 Å². The second kappa shape index (κ2) is 8.13. The van der Waals surface area contributed by atoms with Gasteiger partial charge in [-0.25, -0.2) is 4.79 Å². The van der Waals surface area contributed by atoms with Crippen molar-refractivity contribution in [2.45, 2.75) is 19.3 Å².